The van der Waals surface area contributed by atoms with E-state index in [1.54, 1.807) is 26.1 Å². The maximum absolute atomic E-state index is 13.3. The molecule has 0 atom stereocenters. The SMILES string of the molecule is C/C=N\C(=C(/C)Cl)c1cc(C)nc2c(OCc3c(Cl)cncc3Cn3cccc(C(F)(F)F)c3=O)cccc12. The van der Waals surface area contributed by atoms with E-state index in [0.717, 1.165) is 27.3 Å². The van der Waals surface area contributed by atoms with Crippen molar-refractivity contribution in [3.8, 4) is 5.75 Å². The molecule has 3 aromatic heterocycles. The molecule has 0 aliphatic rings. The fourth-order valence-electron chi connectivity index (χ4n) is 4.15. The van der Waals surface area contributed by atoms with Gasteiger partial charge in [-0.2, -0.15) is 13.2 Å². The van der Waals surface area contributed by atoms with Crippen molar-refractivity contribution in [1.29, 1.82) is 0 Å². The summed E-state index contributed by atoms with van der Waals surface area (Å²) in [5.41, 5.74) is 1.21. The molecule has 3 heterocycles. The number of aliphatic imine (C=N–C) groups is 1. The minimum atomic E-state index is -4.77. The molecule has 0 N–H and O–H groups in total. The van der Waals surface area contributed by atoms with E-state index >= 15 is 0 Å². The van der Waals surface area contributed by atoms with Crippen LogP contribution in [0.2, 0.25) is 5.02 Å². The zero-order chi connectivity index (χ0) is 28.3. The monoisotopic (exact) mass is 574 g/mol. The third-order valence-electron chi connectivity index (χ3n) is 5.90. The molecule has 202 valence electrons. The molecule has 0 saturated carbocycles. The zero-order valence-corrected chi connectivity index (χ0v) is 22.7. The third-order valence-corrected chi connectivity index (χ3v) is 6.41. The van der Waals surface area contributed by atoms with Gasteiger partial charge in [0, 0.05) is 52.0 Å². The van der Waals surface area contributed by atoms with Crippen LogP contribution in [0.5, 0.6) is 5.75 Å². The Labute approximate surface area is 232 Å². The maximum Gasteiger partial charge on any atom is 0.421 e. The number of fused-ring (bicyclic) bond motifs is 1. The molecule has 0 amide bonds. The molecule has 6 nitrogen and oxygen atoms in total. The van der Waals surface area contributed by atoms with Gasteiger partial charge in [-0.3, -0.25) is 14.8 Å². The van der Waals surface area contributed by atoms with E-state index in [4.69, 9.17) is 27.9 Å². The summed E-state index contributed by atoms with van der Waals surface area (Å²) < 4.78 is 46.9. The first-order chi connectivity index (χ1) is 18.5. The number of halogens is 5. The Balaban J connectivity index is 1.72. The van der Waals surface area contributed by atoms with Crippen LogP contribution in [0.25, 0.3) is 16.6 Å². The second-order valence-electron chi connectivity index (χ2n) is 8.63. The number of benzene rings is 1. The minimum absolute atomic E-state index is 0.0428. The Morgan fingerprint density at radius 2 is 1.97 bits per heavy atom. The van der Waals surface area contributed by atoms with E-state index < -0.39 is 17.3 Å². The fraction of sp³-hybridized carbons (Fsp3) is 0.214. The Morgan fingerprint density at radius 1 is 1.21 bits per heavy atom. The minimum Gasteiger partial charge on any atom is -0.487 e. The summed E-state index contributed by atoms with van der Waals surface area (Å²) in [4.78, 5) is 25.6. The normalized spacial score (nSPS) is 12.7. The first kappa shape index (κ1) is 28.3. The van der Waals surface area contributed by atoms with Gasteiger partial charge in [0.15, 0.2) is 0 Å². The number of para-hydroxylation sites is 1. The molecule has 0 aliphatic heterocycles. The van der Waals surface area contributed by atoms with Gasteiger partial charge >= 0.3 is 6.18 Å². The molecule has 0 fully saturated rings. The van der Waals surface area contributed by atoms with Crippen LogP contribution < -0.4 is 10.3 Å². The van der Waals surface area contributed by atoms with Crippen LogP contribution in [-0.2, 0) is 19.3 Å². The van der Waals surface area contributed by atoms with Crippen LogP contribution in [0, 0.1) is 6.92 Å². The average Bonchev–Trinajstić information content (AvgIpc) is 2.87. The fourth-order valence-corrected chi connectivity index (χ4v) is 4.53. The largest absolute Gasteiger partial charge is 0.487 e. The van der Waals surface area contributed by atoms with Gasteiger partial charge in [-0.15, -0.1) is 0 Å². The van der Waals surface area contributed by atoms with Crippen molar-refractivity contribution in [2.75, 3.05) is 0 Å². The number of rotatable bonds is 7. The zero-order valence-electron chi connectivity index (χ0n) is 21.2. The number of aromatic nitrogens is 3. The molecule has 0 aliphatic carbocycles. The molecule has 4 rings (SSSR count). The lowest BCUT2D eigenvalue weighted by Gasteiger charge is -2.16. The van der Waals surface area contributed by atoms with Gasteiger partial charge < -0.3 is 9.30 Å². The molecule has 0 bridgehead atoms. The predicted molar refractivity (Wildman–Crippen MR) is 147 cm³/mol. The van der Waals surface area contributed by atoms with Gasteiger partial charge in [0.1, 0.15) is 23.4 Å². The summed E-state index contributed by atoms with van der Waals surface area (Å²) in [7, 11) is 0. The Morgan fingerprint density at radius 3 is 2.67 bits per heavy atom. The van der Waals surface area contributed by atoms with Gasteiger partial charge in [0.05, 0.1) is 17.3 Å². The number of aryl methyl sites for hydroxylation is 1. The summed E-state index contributed by atoms with van der Waals surface area (Å²) in [5.74, 6) is 0.458. The van der Waals surface area contributed by atoms with E-state index in [-0.39, 0.29) is 18.2 Å². The summed E-state index contributed by atoms with van der Waals surface area (Å²) >= 11 is 12.8. The number of allylic oxidation sites excluding steroid dienone is 1. The topological polar surface area (TPSA) is 69.4 Å². The van der Waals surface area contributed by atoms with Crippen LogP contribution in [-0.4, -0.2) is 20.7 Å². The number of ether oxygens (including phenoxy) is 1. The van der Waals surface area contributed by atoms with Crippen molar-refractivity contribution < 1.29 is 17.9 Å². The van der Waals surface area contributed by atoms with Crippen LogP contribution in [0.1, 0.15) is 41.8 Å². The molecule has 0 saturated heterocycles. The molecule has 0 spiro atoms. The van der Waals surface area contributed by atoms with Gasteiger partial charge in [-0.1, -0.05) is 35.3 Å². The van der Waals surface area contributed by atoms with Crippen LogP contribution in [0.4, 0.5) is 13.2 Å². The lowest BCUT2D eigenvalue weighted by molar-refractivity contribution is -0.138. The second-order valence-corrected chi connectivity index (χ2v) is 9.61. The Hall–Kier alpha value is -3.69. The molecular weight excluding hydrogens is 552 g/mol. The Bertz CT molecular complexity index is 1660. The van der Waals surface area contributed by atoms with Crippen molar-refractivity contribution >= 4 is 46.0 Å². The summed E-state index contributed by atoms with van der Waals surface area (Å²) in [5, 5.41) is 1.54. The quantitative estimate of drug-likeness (QED) is 0.215. The van der Waals surface area contributed by atoms with Crippen LogP contribution in [0.15, 0.2) is 69.8 Å². The molecule has 0 radical (unpaired) electrons. The molecule has 39 heavy (non-hydrogen) atoms. The maximum atomic E-state index is 13.3. The molecule has 11 heteroatoms. The summed E-state index contributed by atoms with van der Waals surface area (Å²) in [6.45, 7) is 5.19. The highest BCUT2D eigenvalue weighted by Crippen LogP contribution is 2.34. The summed E-state index contributed by atoms with van der Waals surface area (Å²) in [6.07, 6.45) is 1.03. The standard InChI is InChI=1S/C28H23Cl2F3N4O2/c1-4-35-25(17(3)29)20-11-16(2)36-26-19(20)7-5-9-24(26)39-15-21-18(12-34-13-23(21)30)14-37-10-6-8-22(27(37)38)28(31,32)33/h4-13H,14-15H2,1-3H3/b25-17+,35-4-. The molecule has 1 aromatic carbocycles. The van der Waals surface area contributed by atoms with Gasteiger partial charge in [-0.25, -0.2) is 4.98 Å². The van der Waals surface area contributed by atoms with E-state index in [1.165, 1.54) is 24.7 Å². The van der Waals surface area contributed by atoms with Gasteiger partial charge in [-0.05, 0) is 50.6 Å². The molecule has 4 aromatic rings. The highest BCUT2D eigenvalue weighted by atomic mass is 35.5. The van der Waals surface area contributed by atoms with Gasteiger partial charge in [0.2, 0.25) is 0 Å². The lowest BCUT2D eigenvalue weighted by Crippen LogP contribution is -2.28. The lowest BCUT2D eigenvalue weighted by atomic mass is 10.0. The third kappa shape index (κ3) is 6.15. The number of hydrogen-bond donors (Lipinski definition) is 0. The highest BCUT2D eigenvalue weighted by molar-refractivity contribution is 6.32. The van der Waals surface area contributed by atoms with E-state index in [9.17, 15) is 18.0 Å². The number of nitrogens with zero attached hydrogens (tertiary/aromatic N) is 4. The number of alkyl halides is 3. The highest BCUT2D eigenvalue weighted by Gasteiger charge is 2.34. The van der Waals surface area contributed by atoms with E-state index in [1.807, 2.05) is 25.1 Å². The number of hydrogen-bond acceptors (Lipinski definition) is 5. The first-order valence-corrected chi connectivity index (χ1v) is 12.5. The van der Waals surface area contributed by atoms with Crippen molar-refractivity contribution in [2.45, 2.75) is 40.1 Å². The van der Waals surface area contributed by atoms with Crippen molar-refractivity contribution in [3.63, 3.8) is 0 Å². The smallest absolute Gasteiger partial charge is 0.421 e. The van der Waals surface area contributed by atoms with Crippen molar-refractivity contribution in [2.24, 2.45) is 4.99 Å². The van der Waals surface area contributed by atoms with E-state index in [0.29, 0.717) is 33.1 Å². The second kappa shape index (κ2) is 11.6. The van der Waals surface area contributed by atoms with Crippen molar-refractivity contribution in [3.05, 3.63) is 103 Å². The Kier molecular flexibility index (Phi) is 8.42. The summed E-state index contributed by atoms with van der Waals surface area (Å²) in [6, 6.07) is 9.27. The van der Waals surface area contributed by atoms with Gasteiger partial charge in [0.25, 0.3) is 5.56 Å². The van der Waals surface area contributed by atoms with Crippen LogP contribution in [0.3, 0.4) is 0 Å². The first-order valence-electron chi connectivity index (χ1n) is 11.8. The average molecular weight is 575 g/mol. The number of pyridine rings is 3. The van der Waals surface area contributed by atoms with E-state index in [2.05, 4.69) is 15.0 Å². The molecule has 0 unspecified atom stereocenters. The predicted octanol–water partition coefficient (Wildman–Crippen LogP) is 7.42. The molecular formula is C28H23Cl2F3N4O2. The van der Waals surface area contributed by atoms with Crippen LogP contribution >= 0.6 is 23.2 Å². The van der Waals surface area contributed by atoms with Crippen molar-refractivity contribution in [1.82, 2.24) is 14.5 Å².